The van der Waals surface area contributed by atoms with E-state index >= 15 is 0 Å². The normalized spacial score (nSPS) is 19.6. The first-order valence-corrected chi connectivity index (χ1v) is 9.85. The van der Waals surface area contributed by atoms with Gasteiger partial charge in [0.1, 0.15) is 5.41 Å². The average molecular weight is 310 g/mol. The second-order valence-electron chi connectivity index (χ2n) is 6.02. The van der Waals surface area contributed by atoms with Crippen LogP contribution in [0.2, 0.25) is 0 Å². The Kier molecular flexibility index (Phi) is 4.86. The third kappa shape index (κ3) is 3.37. The molecular formula is C19H22O2Si. The highest BCUT2D eigenvalue weighted by Crippen LogP contribution is 2.18. The van der Waals surface area contributed by atoms with Gasteiger partial charge in [0.15, 0.2) is 8.80 Å². The van der Waals surface area contributed by atoms with Crippen molar-refractivity contribution in [1.82, 2.24) is 0 Å². The summed E-state index contributed by atoms with van der Waals surface area (Å²) in [6.45, 7) is 2.84. The fourth-order valence-corrected chi connectivity index (χ4v) is 6.28. The molecule has 1 aliphatic rings. The maximum Gasteiger partial charge on any atom is 0.185 e. The number of hydrogen-bond acceptors (Lipinski definition) is 2. The second-order valence-corrected chi connectivity index (χ2v) is 8.91. The van der Waals surface area contributed by atoms with E-state index in [0.717, 1.165) is 25.0 Å². The van der Waals surface area contributed by atoms with Gasteiger partial charge in [0.05, 0.1) is 5.73 Å². The molecule has 0 radical (unpaired) electrons. The predicted molar refractivity (Wildman–Crippen MR) is 92.3 cm³/mol. The number of carbonyl (C=O) groups is 1. The maximum atomic E-state index is 13.1. The van der Waals surface area contributed by atoms with E-state index in [9.17, 15) is 4.79 Å². The molecule has 0 bridgehead atoms. The standard InChI is InChI=1S/C19H22O2Si/c1-15-10-12-16(13-11-15)19(20)22(17-7-3-2-4-8-17)18-9-5-6-14-21-18/h2-4,7-8,10-13,18,22H,5-6,9,14H2,1H3. The summed E-state index contributed by atoms with van der Waals surface area (Å²) in [4.78, 5) is 13.1. The molecule has 2 unspecified atom stereocenters. The lowest BCUT2D eigenvalue weighted by atomic mass is 10.2. The lowest BCUT2D eigenvalue weighted by Gasteiger charge is -2.29. The fraction of sp³-hybridized carbons (Fsp3) is 0.316. The van der Waals surface area contributed by atoms with Gasteiger partial charge in [0.25, 0.3) is 0 Å². The van der Waals surface area contributed by atoms with Gasteiger partial charge in [-0.15, -0.1) is 0 Å². The van der Waals surface area contributed by atoms with Crippen LogP contribution in [0.4, 0.5) is 0 Å². The Morgan fingerprint density at radius 3 is 2.41 bits per heavy atom. The molecule has 1 saturated heterocycles. The van der Waals surface area contributed by atoms with Gasteiger partial charge in [0.2, 0.25) is 0 Å². The van der Waals surface area contributed by atoms with Gasteiger partial charge in [-0.2, -0.15) is 0 Å². The molecule has 1 fully saturated rings. The van der Waals surface area contributed by atoms with Crippen LogP contribution in [0.5, 0.6) is 0 Å². The molecule has 0 spiro atoms. The Bertz CT molecular complexity index is 616. The van der Waals surface area contributed by atoms with E-state index in [1.54, 1.807) is 0 Å². The number of aryl methyl sites for hydroxylation is 1. The van der Waals surface area contributed by atoms with Crippen molar-refractivity contribution in [2.24, 2.45) is 0 Å². The molecule has 2 nitrogen and oxygen atoms in total. The van der Waals surface area contributed by atoms with E-state index in [1.165, 1.54) is 17.2 Å². The van der Waals surface area contributed by atoms with Gasteiger partial charge in [0, 0.05) is 12.2 Å². The highest BCUT2D eigenvalue weighted by molar-refractivity contribution is 7.02. The third-order valence-electron chi connectivity index (χ3n) is 4.36. The first-order chi connectivity index (χ1) is 10.8. The number of ether oxygens (including phenoxy) is 1. The van der Waals surface area contributed by atoms with E-state index < -0.39 is 8.80 Å². The number of hydrogen-bond donors (Lipinski definition) is 0. The molecule has 0 amide bonds. The van der Waals surface area contributed by atoms with Gasteiger partial charge >= 0.3 is 0 Å². The Balaban J connectivity index is 1.93. The summed E-state index contributed by atoms with van der Waals surface area (Å²) in [5, 5.41) is 1.50. The van der Waals surface area contributed by atoms with Crippen LogP contribution in [0.25, 0.3) is 0 Å². The zero-order valence-electron chi connectivity index (χ0n) is 13.0. The molecule has 3 heteroatoms. The third-order valence-corrected chi connectivity index (χ3v) is 7.63. The first-order valence-electron chi connectivity index (χ1n) is 8.03. The summed E-state index contributed by atoms with van der Waals surface area (Å²) in [5.41, 5.74) is 2.15. The van der Waals surface area contributed by atoms with Crippen LogP contribution in [0, 0.1) is 6.92 Å². The first kappa shape index (κ1) is 15.2. The number of rotatable bonds is 4. The molecule has 2 atom stereocenters. The Hall–Kier alpha value is -1.71. The number of benzene rings is 2. The van der Waals surface area contributed by atoms with E-state index in [2.05, 4.69) is 12.1 Å². The molecule has 3 rings (SSSR count). The molecule has 0 N–H and O–H groups in total. The van der Waals surface area contributed by atoms with Crippen molar-refractivity contribution >= 4 is 19.4 Å². The quantitative estimate of drug-likeness (QED) is 0.812. The van der Waals surface area contributed by atoms with Crippen LogP contribution in [0.3, 0.4) is 0 Å². The predicted octanol–water partition coefficient (Wildman–Crippen LogP) is 2.96. The van der Waals surface area contributed by atoms with Crippen LogP contribution >= 0.6 is 0 Å². The molecule has 0 aromatic heterocycles. The van der Waals surface area contributed by atoms with Crippen LogP contribution in [0.15, 0.2) is 54.6 Å². The van der Waals surface area contributed by atoms with Crippen LogP contribution in [-0.2, 0) is 4.74 Å². The molecule has 2 aromatic rings. The minimum atomic E-state index is -1.87. The molecule has 2 aromatic carbocycles. The van der Waals surface area contributed by atoms with E-state index in [4.69, 9.17) is 4.74 Å². The monoisotopic (exact) mass is 310 g/mol. The molecular weight excluding hydrogens is 288 g/mol. The molecule has 22 heavy (non-hydrogen) atoms. The van der Waals surface area contributed by atoms with E-state index in [1.807, 2.05) is 49.4 Å². The summed E-state index contributed by atoms with van der Waals surface area (Å²) in [5.74, 6) is 0. The molecule has 1 heterocycles. The molecule has 1 aliphatic heterocycles. The number of carbonyl (C=O) groups excluding carboxylic acids is 1. The van der Waals surface area contributed by atoms with Gasteiger partial charge in [-0.25, -0.2) is 0 Å². The summed E-state index contributed by atoms with van der Waals surface area (Å²) < 4.78 is 6.00. The highest BCUT2D eigenvalue weighted by Gasteiger charge is 2.34. The van der Waals surface area contributed by atoms with Gasteiger partial charge in [-0.3, -0.25) is 4.79 Å². The van der Waals surface area contributed by atoms with Crippen LogP contribution in [0.1, 0.15) is 35.2 Å². The molecule has 0 aliphatic carbocycles. The van der Waals surface area contributed by atoms with Crippen molar-refractivity contribution in [3.8, 4) is 0 Å². The average Bonchev–Trinajstić information content (AvgIpc) is 2.57. The molecule has 0 saturated carbocycles. The van der Waals surface area contributed by atoms with Crippen molar-refractivity contribution in [2.75, 3.05) is 6.61 Å². The minimum absolute atomic E-state index is 0.130. The van der Waals surface area contributed by atoms with Gasteiger partial charge < -0.3 is 4.74 Å². The van der Waals surface area contributed by atoms with Crippen LogP contribution in [-0.4, -0.2) is 26.5 Å². The zero-order valence-corrected chi connectivity index (χ0v) is 14.2. The van der Waals surface area contributed by atoms with E-state index in [0.29, 0.717) is 5.41 Å². The van der Waals surface area contributed by atoms with Crippen molar-refractivity contribution in [3.63, 3.8) is 0 Å². The Labute approximate surface area is 133 Å². The summed E-state index contributed by atoms with van der Waals surface area (Å²) in [6, 6.07) is 18.2. The second kappa shape index (κ2) is 7.03. The Morgan fingerprint density at radius 2 is 1.77 bits per heavy atom. The topological polar surface area (TPSA) is 26.3 Å². The smallest absolute Gasteiger partial charge is 0.185 e. The minimum Gasteiger partial charge on any atom is -0.381 e. The zero-order chi connectivity index (χ0) is 15.4. The largest absolute Gasteiger partial charge is 0.381 e. The van der Waals surface area contributed by atoms with Crippen molar-refractivity contribution in [2.45, 2.75) is 31.9 Å². The van der Waals surface area contributed by atoms with Crippen molar-refractivity contribution in [3.05, 3.63) is 65.7 Å². The van der Waals surface area contributed by atoms with Gasteiger partial charge in [-0.1, -0.05) is 65.3 Å². The fourth-order valence-electron chi connectivity index (χ4n) is 3.12. The van der Waals surface area contributed by atoms with Gasteiger partial charge in [-0.05, 0) is 26.2 Å². The summed E-state index contributed by atoms with van der Waals surface area (Å²) >= 11 is 0. The summed E-state index contributed by atoms with van der Waals surface area (Å²) in [6.07, 6.45) is 3.30. The van der Waals surface area contributed by atoms with Crippen molar-refractivity contribution < 1.29 is 9.53 Å². The van der Waals surface area contributed by atoms with Crippen LogP contribution < -0.4 is 5.19 Å². The SMILES string of the molecule is Cc1ccc(C(=O)[SiH](c2ccccc2)C2CCCCO2)cc1. The molecule has 114 valence electrons. The summed E-state index contributed by atoms with van der Waals surface area (Å²) in [7, 11) is -1.87. The Morgan fingerprint density at radius 1 is 1.05 bits per heavy atom. The lowest BCUT2D eigenvalue weighted by Crippen LogP contribution is -2.51. The van der Waals surface area contributed by atoms with E-state index in [-0.39, 0.29) is 5.73 Å². The highest BCUT2D eigenvalue weighted by atomic mass is 28.3. The lowest BCUT2D eigenvalue weighted by molar-refractivity contribution is 0.0620. The maximum absolute atomic E-state index is 13.1. The van der Waals surface area contributed by atoms with Crippen molar-refractivity contribution in [1.29, 1.82) is 0 Å².